The van der Waals surface area contributed by atoms with Crippen LogP contribution in [-0.2, 0) is 19.4 Å². The summed E-state index contributed by atoms with van der Waals surface area (Å²) >= 11 is 0. The van der Waals surface area contributed by atoms with Crippen LogP contribution in [0.1, 0.15) is 13.8 Å². The molecule has 0 amide bonds. The van der Waals surface area contributed by atoms with E-state index >= 15 is 0 Å². The third kappa shape index (κ3) is 4.15. The van der Waals surface area contributed by atoms with Crippen molar-refractivity contribution in [2.45, 2.75) is 24.8 Å². The van der Waals surface area contributed by atoms with Gasteiger partial charge in [-0.1, -0.05) is 6.07 Å². The molecule has 21 heavy (non-hydrogen) atoms. The van der Waals surface area contributed by atoms with Crippen molar-refractivity contribution in [2.75, 3.05) is 18.2 Å². The minimum absolute atomic E-state index is 0.0523. The molecule has 1 atom stereocenters. The van der Waals surface area contributed by atoms with Crippen LogP contribution in [0.25, 0.3) is 0 Å². The highest BCUT2D eigenvalue weighted by Crippen LogP contribution is 2.32. The Labute approximate surface area is 122 Å². The average Bonchev–Trinajstić information content (AvgIpc) is 2.37. The van der Waals surface area contributed by atoms with E-state index in [0.29, 0.717) is 0 Å². The van der Waals surface area contributed by atoms with E-state index in [2.05, 4.69) is 5.32 Å². The second-order valence-electron chi connectivity index (χ2n) is 4.30. The fourth-order valence-corrected chi connectivity index (χ4v) is 2.55. The van der Waals surface area contributed by atoms with Crippen LogP contribution in [-0.4, -0.2) is 38.2 Å². The molecule has 0 fully saturated rings. The Morgan fingerprint density at radius 3 is 2.57 bits per heavy atom. The van der Waals surface area contributed by atoms with Crippen molar-refractivity contribution >= 4 is 27.2 Å². The number of nitro groups is 1. The van der Waals surface area contributed by atoms with E-state index in [-0.39, 0.29) is 12.3 Å². The fraction of sp³-hybridized carbons (Fsp3) is 0.417. The molecule has 8 nitrogen and oxygen atoms in total. The molecule has 1 N–H and O–H groups in total. The Hall–Kier alpha value is -2.16. The highest BCUT2D eigenvalue weighted by Gasteiger charge is 2.27. The van der Waals surface area contributed by atoms with Gasteiger partial charge in [-0.3, -0.25) is 10.1 Å². The lowest BCUT2D eigenvalue weighted by Crippen LogP contribution is -2.28. The van der Waals surface area contributed by atoms with Gasteiger partial charge in [0.15, 0.2) is 9.84 Å². The summed E-state index contributed by atoms with van der Waals surface area (Å²) in [6.07, 6.45) is 0.883. The lowest BCUT2D eigenvalue weighted by Gasteiger charge is -2.14. The molecule has 0 aliphatic carbocycles. The number of hydrogen-bond donors (Lipinski definition) is 1. The Morgan fingerprint density at radius 1 is 1.48 bits per heavy atom. The van der Waals surface area contributed by atoms with Crippen LogP contribution in [0.15, 0.2) is 23.1 Å². The highest BCUT2D eigenvalue weighted by atomic mass is 32.2. The summed E-state index contributed by atoms with van der Waals surface area (Å²) in [5, 5.41) is 13.8. The Kier molecular flexibility index (Phi) is 5.25. The number of nitrogens with zero attached hydrogens (tertiary/aromatic N) is 1. The number of nitrogens with one attached hydrogen (secondary N) is 1. The summed E-state index contributed by atoms with van der Waals surface area (Å²) in [5.41, 5.74) is -0.639. The lowest BCUT2D eigenvalue weighted by molar-refractivity contribution is -0.386. The van der Waals surface area contributed by atoms with Crippen LogP contribution < -0.4 is 5.32 Å². The SMILES string of the molecule is CCOC(=O)C(C)Nc1cccc(S(C)(=O)=O)c1[N+](=O)[O-]. The van der Waals surface area contributed by atoms with E-state index in [1.807, 2.05) is 0 Å². The monoisotopic (exact) mass is 316 g/mol. The number of hydrogen-bond acceptors (Lipinski definition) is 7. The smallest absolute Gasteiger partial charge is 0.328 e. The normalized spacial score (nSPS) is 12.5. The van der Waals surface area contributed by atoms with Gasteiger partial charge < -0.3 is 10.1 Å². The first-order valence-electron chi connectivity index (χ1n) is 6.09. The number of sulfone groups is 1. The largest absolute Gasteiger partial charge is 0.464 e. The molecular formula is C12H16N2O6S. The van der Waals surface area contributed by atoms with Gasteiger partial charge in [0, 0.05) is 6.26 Å². The second-order valence-corrected chi connectivity index (χ2v) is 6.28. The van der Waals surface area contributed by atoms with Gasteiger partial charge in [0.1, 0.15) is 16.6 Å². The molecule has 1 aromatic rings. The van der Waals surface area contributed by atoms with Gasteiger partial charge in [-0.25, -0.2) is 13.2 Å². The van der Waals surface area contributed by atoms with Gasteiger partial charge in [-0.2, -0.15) is 0 Å². The van der Waals surface area contributed by atoms with E-state index < -0.39 is 37.4 Å². The first-order chi connectivity index (χ1) is 9.68. The predicted molar refractivity (Wildman–Crippen MR) is 75.9 cm³/mol. The Balaban J connectivity index is 3.25. The van der Waals surface area contributed by atoms with Gasteiger partial charge in [-0.15, -0.1) is 0 Å². The number of benzene rings is 1. The number of esters is 1. The molecule has 0 aliphatic heterocycles. The van der Waals surface area contributed by atoms with Gasteiger partial charge in [0.2, 0.25) is 0 Å². The molecule has 0 radical (unpaired) electrons. The van der Waals surface area contributed by atoms with Crippen molar-refractivity contribution < 1.29 is 22.9 Å². The fourth-order valence-electron chi connectivity index (χ4n) is 1.69. The molecule has 1 unspecified atom stereocenters. The maximum absolute atomic E-state index is 11.6. The molecule has 0 heterocycles. The molecule has 0 saturated heterocycles. The topological polar surface area (TPSA) is 116 Å². The van der Waals surface area contributed by atoms with Gasteiger partial charge >= 0.3 is 11.7 Å². The summed E-state index contributed by atoms with van der Waals surface area (Å²) in [4.78, 5) is 21.5. The number of carbonyl (C=O) groups is 1. The second kappa shape index (κ2) is 6.53. The number of carbonyl (C=O) groups excluding carboxylic acids is 1. The number of rotatable bonds is 6. The molecule has 0 spiro atoms. The zero-order valence-electron chi connectivity index (χ0n) is 11.8. The van der Waals surface area contributed by atoms with E-state index in [1.165, 1.54) is 19.1 Å². The highest BCUT2D eigenvalue weighted by molar-refractivity contribution is 7.90. The Morgan fingerprint density at radius 2 is 2.10 bits per heavy atom. The molecule has 0 saturated carbocycles. The summed E-state index contributed by atoms with van der Waals surface area (Å²) in [5.74, 6) is -0.587. The zero-order chi connectivity index (χ0) is 16.2. The molecule has 1 rings (SSSR count). The zero-order valence-corrected chi connectivity index (χ0v) is 12.6. The van der Waals surface area contributed by atoms with Crippen molar-refractivity contribution in [3.8, 4) is 0 Å². The minimum Gasteiger partial charge on any atom is -0.464 e. The molecule has 0 aromatic heterocycles. The van der Waals surface area contributed by atoms with Gasteiger partial charge in [-0.05, 0) is 26.0 Å². The quantitative estimate of drug-likeness (QED) is 0.478. The molecule has 0 aliphatic rings. The molecule has 1 aromatic carbocycles. The van der Waals surface area contributed by atoms with E-state index in [1.54, 1.807) is 6.92 Å². The minimum atomic E-state index is -3.77. The van der Waals surface area contributed by atoms with Crippen LogP contribution in [0.3, 0.4) is 0 Å². The molecule has 9 heteroatoms. The van der Waals surface area contributed by atoms with Crippen LogP contribution in [0, 0.1) is 10.1 Å². The van der Waals surface area contributed by atoms with Crippen LogP contribution >= 0.6 is 0 Å². The van der Waals surface area contributed by atoms with Crippen molar-refractivity contribution in [3.63, 3.8) is 0 Å². The number of anilines is 1. The molecule has 116 valence electrons. The van der Waals surface area contributed by atoms with Crippen molar-refractivity contribution in [1.82, 2.24) is 0 Å². The first-order valence-corrected chi connectivity index (χ1v) is 7.98. The van der Waals surface area contributed by atoms with Crippen molar-refractivity contribution in [1.29, 1.82) is 0 Å². The predicted octanol–water partition coefficient (Wildman–Crippen LogP) is 1.36. The van der Waals surface area contributed by atoms with Crippen LogP contribution in [0.5, 0.6) is 0 Å². The summed E-state index contributed by atoms with van der Waals surface area (Å²) in [7, 11) is -3.77. The maximum Gasteiger partial charge on any atom is 0.328 e. The summed E-state index contributed by atoms with van der Waals surface area (Å²) in [6.45, 7) is 3.28. The molecular weight excluding hydrogens is 300 g/mol. The van der Waals surface area contributed by atoms with Gasteiger partial charge in [0.05, 0.1) is 11.5 Å². The third-order valence-electron chi connectivity index (χ3n) is 2.59. The third-order valence-corrected chi connectivity index (χ3v) is 3.72. The van der Waals surface area contributed by atoms with Crippen molar-refractivity contribution in [3.05, 3.63) is 28.3 Å². The van der Waals surface area contributed by atoms with E-state index in [4.69, 9.17) is 4.74 Å². The van der Waals surface area contributed by atoms with E-state index in [0.717, 1.165) is 12.3 Å². The Bertz CT molecular complexity index is 656. The standard InChI is InChI=1S/C12H16N2O6S/c1-4-20-12(15)8(2)13-9-6-5-7-10(21(3,18)19)11(9)14(16)17/h5-8,13H,4H2,1-3H3. The van der Waals surface area contributed by atoms with Crippen LogP contribution in [0.2, 0.25) is 0 Å². The molecule has 0 bridgehead atoms. The lowest BCUT2D eigenvalue weighted by atomic mass is 10.2. The van der Waals surface area contributed by atoms with Gasteiger partial charge in [0.25, 0.3) is 0 Å². The summed E-state index contributed by atoms with van der Waals surface area (Å²) in [6, 6.07) is 3.00. The first kappa shape index (κ1) is 16.9. The average molecular weight is 316 g/mol. The number of para-hydroxylation sites is 1. The van der Waals surface area contributed by atoms with Crippen molar-refractivity contribution in [2.24, 2.45) is 0 Å². The van der Waals surface area contributed by atoms with E-state index in [9.17, 15) is 23.3 Å². The summed E-state index contributed by atoms with van der Waals surface area (Å²) < 4.78 is 28.0. The number of ether oxygens (including phenoxy) is 1. The van der Waals surface area contributed by atoms with Crippen LogP contribution in [0.4, 0.5) is 11.4 Å². The number of nitro benzene ring substituents is 1. The maximum atomic E-state index is 11.6.